The van der Waals surface area contributed by atoms with Crippen LogP contribution in [0.15, 0.2) is 42.5 Å². The van der Waals surface area contributed by atoms with Gasteiger partial charge in [0.25, 0.3) is 0 Å². The molecule has 2 aromatic carbocycles. The summed E-state index contributed by atoms with van der Waals surface area (Å²) in [7, 11) is 0. The summed E-state index contributed by atoms with van der Waals surface area (Å²) in [6.07, 6.45) is 0. The van der Waals surface area contributed by atoms with Gasteiger partial charge in [-0.3, -0.25) is 9.59 Å². The third-order valence-electron chi connectivity index (χ3n) is 4.16. The maximum Gasteiger partial charge on any atom is 0.221 e. The number of carbonyl (C=O) groups is 2. The first kappa shape index (κ1) is 19.3. The van der Waals surface area contributed by atoms with Gasteiger partial charge >= 0.3 is 0 Å². The Morgan fingerprint density at radius 1 is 1.14 bits per heavy atom. The van der Waals surface area contributed by atoms with E-state index in [0.29, 0.717) is 11.7 Å². The zero-order valence-corrected chi connectivity index (χ0v) is 15.8. The molecule has 0 fully saturated rings. The number of benzene rings is 2. The zero-order valence-electron chi connectivity index (χ0n) is 15.8. The van der Waals surface area contributed by atoms with Crippen LogP contribution < -0.4 is 5.32 Å². The molecule has 0 saturated heterocycles. The lowest BCUT2D eigenvalue weighted by atomic mass is 10.0. The third kappa shape index (κ3) is 4.46. The zero-order chi connectivity index (χ0) is 20.3. The molecule has 0 radical (unpaired) electrons. The predicted molar refractivity (Wildman–Crippen MR) is 102 cm³/mol. The van der Waals surface area contributed by atoms with Crippen molar-refractivity contribution in [1.29, 1.82) is 0 Å². The SMILES string of the molecule is CC(=O)Nc1ccc(C(=O)Cn2nnc(-c3ccc(C(C)C)cc3)n2)c(F)c1. The van der Waals surface area contributed by atoms with E-state index in [-0.39, 0.29) is 23.7 Å². The fourth-order valence-corrected chi connectivity index (χ4v) is 2.68. The first-order chi connectivity index (χ1) is 13.3. The number of hydrogen-bond acceptors (Lipinski definition) is 5. The number of tetrazole rings is 1. The molecule has 7 nitrogen and oxygen atoms in total. The minimum atomic E-state index is -0.721. The lowest BCUT2D eigenvalue weighted by molar-refractivity contribution is -0.114. The van der Waals surface area contributed by atoms with Crippen molar-refractivity contribution in [2.24, 2.45) is 0 Å². The molecular weight excluding hydrogens is 361 g/mol. The Morgan fingerprint density at radius 3 is 2.46 bits per heavy atom. The summed E-state index contributed by atoms with van der Waals surface area (Å²) in [6.45, 7) is 5.29. The van der Waals surface area contributed by atoms with Gasteiger partial charge in [-0.1, -0.05) is 38.1 Å². The van der Waals surface area contributed by atoms with E-state index in [1.165, 1.54) is 24.6 Å². The Labute approximate surface area is 161 Å². The van der Waals surface area contributed by atoms with Crippen molar-refractivity contribution in [2.75, 3.05) is 5.32 Å². The topological polar surface area (TPSA) is 89.8 Å². The van der Waals surface area contributed by atoms with E-state index in [9.17, 15) is 14.0 Å². The van der Waals surface area contributed by atoms with Crippen molar-refractivity contribution < 1.29 is 14.0 Å². The van der Waals surface area contributed by atoms with Gasteiger partial charge in [0.2, 0.25) is 11.7 Å². The van der Waals surface area contributed by atoms with E-state index >= 15 is 0 Å². The normalized spacial score (nSPS) is 10.9. The summed E-state index contributed by atoms with van der Waals surface area (Å²) in [4.78, 5) is 24.5. The van der Waals surface area contributed by atoms with E-state index in [1.807, 2.05) is 24.3 Å². The van der Waals surface area contributed by atoms with Crippen LogP contribution in [0.4, 0.5) is 10.1 Å². The van der Waals surface area contributed by atoms with Crippen molar-refractivity contribution in [3.63, 3.8) is 0 Å². The Morgan fingerprint density at radius 2 is 1.86 bits per heavy atom. The summed E-state index contributed by atoms with van der Waals surface area (Å²) in [5.41, 5.74) is 2.17. The number of halogens is 1. The maximum absolute atomic E-state index is 14.2. The van der Waals surface area contributed by atoms with Gasteiger partial charge in [-0.05, 0) is 34.9 Å². The number of carbonyl (C=O) groups excluding carboxylic acids is 2. The molecule has 0 atom stereocenters. The molecule has 1 aromatic heterocycles. The predicted octanol–water partition coefficient (Wildman–Crippen LogP) is 3.44. The number of aromatic nitrogens is 4. The van der Waals surface area contributed by atoms with Crippen molar-refractivity contribution in [3.05, 3.63) is 59.4 Å². The Balaban J connectivity index is 1.72. The summed E-state index contributed by atoms with van der Waals surface area (Å²) in [6, 6.07) is 11.7. The second kappa shape index (κ2) is 8.08. The molecule has 1 N–H and O–H groups in total. The molecular formula is C20H20FN5O2. The molecule has 3 rings (SSSR count). The molecule has 0 aliphatic carbocycles. The van der Waals surface area contributed by atoms with Gasteiger partial charge in [0.05, 0.1) is 5.56 Å². The molecule has 8 heteroatoms. The first-order valence-corrected chi connectivity index (χ1v) is 8.82. The summed E-state index contributed by atoms with van der Waals surface area (Å²) in [5.74, 6) is -0.724. The van der Waals surface area contributed by atoms with Gasteiger partial charge in [0.1, 0.15) is 12.4 Å². The van der Waals surface area contributed by atoms with E-state index in [2.05, 4.69) is 34.6 Å². The molecule has 3 aromatic rings. The molecule has 0 bridgehead atoms. The third-order valence-corrected chi connectivity index (χ3v) is 4.16. The monoisotopic (exact) mass is 381 g/mol. The van der Waals surface area contributed by atoms with Crippen LogP contribution in [0.25, 0.3) is 11.4 Å². The van der Waals surface area contributed by atoms with Crippen LogP contribution in [0, 0.1) is 5.82 Å². The van der Waals surface area contributed by atoms with Gasteiger partial charge in [0.15, 0.2) is 5.78 Å². The van der Waals surface area contributed by atoms with Crippen LogP contribution in [0.3, 0.4) is 0 Å². The highest BCUT2D eigenvalue weighted by Crippen LogP contribution is 2.20. The van der Waals surface area contributed by atoms with Crippen molar-refractivity contribution >= 4 is 17.4 Å². The van der Waals surface area contributed by atoms with Crippen LogP contribution in [-0.2, 0) is 11.3 Å². The van der Waals surface area contributed by atoms with Crippen molar-refractivity contribution in [2.45, 2.75) is 33.2 Å². The minimum absolute atomic E-state index is 0.103. The van der Waals surface area contributed by atoms with Crippen LogP contribution in [0.5, 0.6) is 0 Å². The molecule has 0 aliphatic rings. The molecule has 1 heterocycles. The number of Topliss-reactive ketones (excluding diaryl/α,β-unsaturated/α-hetero) is 1. The molecule has 0 spiro atoms. The van der Waals surface area contributed by atoms with Crippen molar-refractivity contribution in [3.8, 4) is 11.4 Å². The highest BCUT2D eigenvalue weighted by molar-refractivity contribution is 5.97. The fourth-order valence-electron chi connectivity index (χ4n) is 2.68. The molecule has 0 aliphatic heterocycles. The van der Waals surface area contributed by atoms with Gasteiger partial charge in [-0.25, -0.2) is 4.39 Å². The van der Waals surface area contributed by atoms with Gasteiger partial charge in [-0.2, -0.15) is 4.80 Å². The highest BCUT2D eigenvalue weighted by Gasteiger charge is 2.16. The second-order valence-electron chi connectivity index (χ2n) is 6.72. The Kier molecular flexibility index (Phi) is 5.58. The second-order valence-corrected chi connectivity index (χ2v) is 6.72. The minimum Gasteiger partial charge on any atom is -0.326 e. The number of anilines is 1. The average molecular weight is 381 g/mol. The van der Waals surface area contributed by atoms with E-state index in [1.54, 1.807) is 0 Å². The molecule has 28 heavy (non-hydrogen) atoms. The van der Waals surface area contributed by atoms with E-state index in [0.717, 1.165) is 16.4 Å². The lowest BCUT2D eigenvalue weighted by Crippen LogP contribution is -2.15. The number of hydrogen-bond donors (Lipinski definition) is 1. The standard InChI is InChI=1S/C20H20FN5O2/c1-12(2)14-4-6-15(7-5-14)20-23-25-26(24-20)11-19(28)17-9-8-16(10-18(17)21)22-13(3)27/h4-10,12H,11H2,1-3H3,(H,22,27). The fraction of sp³-hybridized carbons (Fsp3) is 0.250. The van der Waals surface area contributed by atoms with E-state index in [4.69, 9.17) is 0 Å². The molecule has 0 unspecified atom stereocenters. The number of rotatable bonds is 6. The summed E-state index contributed by atoms with van der Waals surface area (Å²) >= 11 is 0. The quantitative estimate of drug-likeness (QED) is 0.661. The summed E-state index contributed by atoms with van der Waals surface area (Å²) in [5, 5.41) is 14.5. The van der Waals surface area contributed by atoms with Gasteiger partial charge in [-0.15, -0.1) is 10.2 Å². The maximum atomic E-state index is 14.2. The average Bonchev–Trinajstić information content (AvgIpc) is 3.09. The molecule has 0 saturated carbocycles. The summed E-state index contributed by atoms with van der Waals surface area (Å²) < 4.78 is 14.2. The number of ketones is 1. The van der Waals surface area contributed by atoms with Gasteiger partial charge in [0, 0.05) is 18.2 Å². The van der Waals surface area contributed by atoms with Crippen LogP contribution in [-0.4, -0.2) is 31.9 Å². The smallest absolute Gasteiger partial charge is 0.221 e. The van der Waals surface area contributed by atoms with Gasteiger partial charge < -0.3 is 5.32 Å². The first-order valence-electron chi connectivity index (χ1n) is 8.82. The van der Waals surface area contributed by atoms with Crippen molar-refractivity contribution in [1.82, 2.24) is 20.2 Å². The Bertz CT molecular complexity index is 1010. The molecule has 144 valence electrons. The van der Waals surface area contributed by atoms with Crippen LogP contribution >= 0.6 is 0 Å². The largest absolute Gasteiger partial charge is 0.326 e. The number of nitrogens with one attached hydrogen (secondary N) is 1. The number of amides is 1. The highest BCUT2D eigenvalue weighted by atomic mass is 19.1. The Hall–Kier alpha value is -3.42. The van der Waals surface area contributed by atoms with Crippen LogP contribution in [0.2, 0.25) is 0 Å². The molecule has 1 amide bonds. The van der Waals surface area contributed by atoms with E-state index < -0.39 is 11.6 Å². The number of nitrogens with zero attached hydrogens (tertiary/aromatic N) is 4. The lowest BCUT2D eigenvalue weighted by Gasteiger charge is -2.06. The van der Waals surface area contributed by atoms with Crippen LogP contribution in [0.1, 0.15) is 42.6 Å².